The molecule has 1 heterocycles. The van der Waals surface area contributed by atoms with Crippen LogP contribution < -0.4 is 17.2 Å². The molecule has 0 amide bonds. The third kappa shape index (κ3) is 5.77. The first-order valence-electron chi connectivity index (χ1n) is 8.33. The van der Waals surface area contributed by atoms with Gasteiger partial charge < -0.3 is 31.2 Å². The number of rotatable bonds is 9. The Hall–Kier alpha value is -2.01. The highest BCUT2D eigenvalue weighted by molar-refractivity contribution is 5.76. The van der Waals surface area contributed by atoms with E-state index in [0.29, 0.717) is 0 Å². The van der Waals surface area contributed by atoms with E-state index in [-0.39, 0.29) is 11.7 Å². The van der Waals surface area contributed by atoms with Gasteiger partial charge in [0.15, 0.2) is 6.10 Å². The van der Waals surface area contributed by atoms with E-state index in [0.717, 1.165) is 4.57 Å². The second-order valence-corrected chi connectivity index (χ2v) is 6.41. The fourth-order valence-electron chi connectivity index (χ4n) is 2.22. The highest BCUT2D eigenvalue weighted by Crippen LogP contribution is 2.17. The molecular weight excluding hydrogens is 344 g/mol. The van der Waals surface area contributed by atoms with Crippen molar-refractivity contribution in [1.29, 1.82) is 0 Å². The van der Waals surface area contributed by atoms with Gasteiger partial charge in [0.1, 0.15) is 24.2 Å². The summed E-state index contributed by atoms with van der Waals surface area (Å²) in [5.74, 6) is -0.813. The van der Waals surface area contributed by atoms with Crippen molar-refractivity contribution in [3.05, 3.63) is 22.7 Å². The Morgan fingerprint density at radius 1 is 1.35 bits per heavy atom. The van der Waals surface area contributed by atoms with Crippen LogP contribution >= 0.6 is 0 Å². The molecule has 0 aliphatic rings. The van der Waals surface area contributed by atoms with E-state index in [1.54, 1.807) is 20.8 Å². The van der Waals surface area contributed by atoms with Crippen molar-refractivity contribution in [1.82, 2.24) is 9.55 Å². The molecule has 6 N–H and O–H groups in total. The Morgan fingerprint density at radius 3 is 2.42 bits per heavy atom. The van der Waals surface area contributed by atoms with Crippen LogP contribution in [0.15, 0.2) is 17.1 Å². The number of hydrogen-bond acceptors (Lipinski definition) is 9. The van der Waals surface area contributed by atoms with Crippen molar-refractivity contribution in [2.24, 2.45) is 11.7 Å². The summed E-state index contributed by atoms with van der Waals surface area (Å²) in [6.45, 7) is 5.90. The molecule has 0 aliphatic carbocycles. The van der Waals surface area contributed by atoms with Gasteiger partial charge in [-0.2, -0.15) is 4.98 Å². The largest absolute Gasteiger partial charge is 0.456 e. The van der Waals surface area contributed by atoms with E-state index in [1.165, 1.54) is 19.2 Å². The molecule has 10 nitrogen and oxygen atoms in total. The predicted octanol–water partition coefficient (Wildman–Crippen LogP) is -1.00. The number of nitrogen functional groups attached to an aromatic ring is 1. The summed E-state index contributed by atoms with van der Waals surface area (Å²) in [7, 11) is 0. The predicted molar refractivity (Wildman–Crippen MR) is 94.0 cm³/mol. The standard InChI is InChI=1S/C16H28N4O6/c1-8(2)13(18)15(23)26-14(9(3)22)11(7-21)25-10(4)20-6-5-12(17)19-16(20)24/h5-6,8-11,13-14,21-22H,7,18H2,1-4H3,(H2,17,19,24). The van der Waals surface area contributed by atoms with E-state index >= 15 is 0 Å². The molecule has 0 aromatic carbocycles. The molecule has 1 rings (SSSR count). The van der Waals surface area contributed by atoms with E-state index < -0.39 is 48.8 Å². The lowest BCUT2D eigenvalue weighted by atomic mass is 10.1. The first kappa shape index (κ1) is 22.0. The maximum atomic E-state index is 12.1. The number of aliphatic hydroxyl groups excluding tert-OH is 2. The smallest absolute Gasteiger partial charge is 0.351 e. The van der Waals surface area contributed by atoms with Gasteiger partial charge in [-0.05, 0) is 25.8 Å². The highest BCUT2D eigenvalue weighted by Gasteiger charge is 2.33. The van der Waals surface area contributed by atoms with E-state index in [9.17, 15) is 19.8 Å². The average Bonchev–Trinajstić information content (AvgIpc) is 2.56. The second-order valence-electron chi connectivity index (χ2n) is 6.41. The average molecular weight is 372 g/mol. The molecular formula is C16H28N4O6. The number of ether oxygens (including phenoxy) is 2. The molecule has 0 spiro atoms. The number of nitrogens with zero attached hydrogens (tertiary/aromatic N) is 2. The van der Waals surface area contributed by atoms with Crippen LogP contribution in [0.3, 0.4) is 0 Å². The fraction of sp³-hybridized carbons (Fsp3) is 0.688. The Kier molecular flexibility index (Phi) is 8.15. The minimum absolute atomic E-state index is 0.0654. The highest BCUT2D eigenvalue weighted by atomic mass is 16.6. The van der Waals surface area contributed by atoms with Crippen molar-refractivity contribution in [3.8, 4) is 0 Å². The van der Waals surface area contributed by atoms with Crippen LogP contribution in [-0.4, -0.2) is 56.7 Å². The van der Waals surface area contributed by atoms with Gasteiger partial charge >= 0.3 is 11.7 Å². The summed E-state index contributed by atoms with van der Waals surface area (Å²) < 4.78 is 12.0. The summed E-state index contributed by atoms with van der Waals surface area (Å²) in [5, 5.41) is 19.6. The number of anilines is 1. The van der Waals surface area contributed by atoms with Crippen LogP contribution in [0.2, 0.25) is 0 Å². The van der Waals surface area contributed by atoms with Gasteiger partial charge in [-0.3, -0.25) is 9.36 Å². The first-order chi connectivity index (χ1) is 12.1. The van der Waals surface area contributed by atoms with Crippen molar-refractivity contribution >= 4 is 11.8 Å². The normalized spacial score (nSPS) is 17.4. The number of aliphatic hydroxyl groups is 2. The molecule has 5 atom stereocenters. The number of nitrogens with two attached hydrogens (primary N) is 2. The summed E-state index contributed by atoms with van der Waals surface area (Å²) >= 11 is 0. The summed E-state index contributed by atoms with van der Waals surface area (Å²) in [4.78, 5) is 27.6. The zero-order valence-electron chi connectivity index (χ0n) is 15.4. The maximum Gasteiger partial charge on any atom is 0.351 e. The molecule has 5 unspecified atom stereocenters. The fourth-order valence-corrected chi connectivity index (χ4v) is 2.22. The molecule has 1 aromatic rings. The molecule has 0 saturated heterocycles. The van der Waals surface area contributed by atoms with Crippen LogP contribution in [0.4, 0.5) is 5.82 Å². The van der Waals surface area contributed by atoms with Gasteiger partial charge in [-0.1, -0.05) is 13.8 Å². The Labute approximate surface area is 151 Å². The molecule has 148 valence electrons. The monoisotopic (exact) mass is 372 g/mol. The first-order valence-corrected chi connectivity index (χ1v) is 8.33. The SMILES string of the molecule is CC(C)C(N)C(=O)OC(C(C)O)C(CO)OC(C)n1ccc(N)nc1=O. The molecule has 0 fully saturated rings. The van der Waals surface area contributed by atoms with Gasteiger partial charge in [-0.15, -0.1) is 0 Å². The lowest BCUT2D eigenvalue weighted by Crippen LogP contribution is -2.48. The van der Waals surface area contributed by atoms with Crippen LogP contribution in [-0.2, 0) is 14.3 Å². The number of hydrogen-bond donors (Lipinski definition) is 4. The topological polar surface area (TPSA) is 163 Å². The van der Waals surface area contributed by atoms with Crippen LogP contribution in [0.25, 0.3) is 0 Å². The van der Waals surface area contributed by atoms with Gasteiger partial charge in [0, 0.05) is 6.20 Å². The molecule has 0 saturated carbocycles. The van der Waals surface area contributed by atoms with E-state index in [1.807, 2.05) is 0 Å². The molecule has 0 bridgehead atoms. The van der Waals surface area contributed by atoms with Crippen LogP contribution in [0, 0.1) is 5.92 Å². The lowest BCUT2D eigenvalue weighted by Gasteiger charge is -2.31. The zero-order valence-corrected chi connectivity index (χ0v) is 15.4. The van der Waals surface area contributed by atoms with Crippen molar-refractivity contribution in [3.63, 3.8) is 0 Å². The van der Waals surface area contributed by atoms with Crippen molar-refractivity contribution < 1.29 is 24.5 Å². The Bertz CT molecular complexity index is 648. The van der Waals surface area contributed by atoms with Crippen LogP contribution in [0.1, 0.15) is 33.9 Å². The van der Waals surface area contributed by atoms with E-state index in [4.69, 9.17) is 20.9 Å². The number of esters is 1. The van der Waals surface area contributed by atoms with Gasteiger partial charge in [0.25, 0.3) is 0 Å². The molecule has 1 aromatic heterocycles. The molecule has 0 radical (unpaired) electrons. The van der Waals surface area contributed by atoms with Gasteiger partial charge in [0.05, 0.1) is 12.7 Å². The lowest BCUT2D eigenvalue weighted by molar-refractivity contribution is -0.184. The third-order valence-electron chi connectivity index (χ3n) is 3.88. The van der Waals surface area contributed by atoms with Crippen LogP contribution in [0.5, 0.6) is 0 Å². The minimum Gasteiger partial charge on any atom is -0.456 e. The van der Waals surface area contributed by atoms with Gasteiger partial charge in [0.2, 0.25) is 0 Å². The number of carbonyl (C=O) groups is 1. The Morgan fingerprint density at radius 2 is 1.96 bits per heavy atom. The van der Waals surface area contributed by atoms with Crippen molar-refractivity contribution in [2.45, 2.75) is 58.3 Å². The maximum absolute atomic E-state index is 12.1. The quantitative estimate of drug-likeness (QED) is 0.398. The zero-order chi connectivity index (χ0) is 20.0. The third-order valence-corrected chi connectivity index (χ3v) is 3.88. The van der Waals surface area contributed by atoms with E-state index in [2.05, 4.69) is 4.98 Å². The summed E-state index contributed by atoms with van der Waals surface area (Å²) in [6, 6.07) is 0.542. The number of aromatic nitrogens is 2. The van der Waals surface area contributed by atoms with Gasteiger partial charge in [-0.25, -0.2) is 4.79 Å². The second kappa shape index (κ2) is 9.62. The number of carbonyl (C=O) groups excluding carboxylic acids is 1. The Balaban J connectivity index is 2.94. The molecule has 26 heavy (non-hydrogen) atoms. The minimum atomic E-state index is -1.17. The molecule has 0 aliphatic heterocycles. The van der Waals surface area contributed by atoms with Crippen molar-refractivity contribution in [2.75, 3.05) is 12.3 Å². The summed E-state index contributed by atoms with van der Waals surface area (Å²) in [5.41, 5.74) is 10.6. The molecule has 10 heteroatoms. The summed E-state index contributed by atoms with van der Waals surface area (Å²) in [6.07, 6.45) is -2.85.